The van der Waals surface area contributed by atoms with Crippen LogP contribution in [-0.4, -0.2) is 17.6 Å². The van der Waals surface area contributed by atoms with E-state index in [2.05, 4.69) is 0 Å². The molecule has 0 bridgehead atoms. The van der Waals surface area contributed by atoms with Crippen LogP contribution in [0.3, 0.4) is 0 Å². The van der Waals surface area contributed by atoms with Gasteiger partial charge in [-0.25, -0.2) is 0 Å². The molecule has 1 amide bonds. The molecule has 1 unspecified atom stereocenters. The molecule has 0 spiro atoms. The smallest absolute Gasteiger partial charge is 0.271 e. The van der Waals surface area contributed by atoms with Crippen molar-refractivity contribution in [3.05, 3.63) is 36.5 Å². The minimum Gasteiger partial charge on any atom is -0.365 e. The molecular weight excluding hydrogens is 204 g/mol. The van der Waals surface area contributed by atoms with E-state index in [1.54, 1.807) is 17.7 Å². The molecule has 0 saturated carbocycles. The highest BCUT2D eigenvalue weighted by Gasteiger charge is 2.33. The first-order valence-corrected chi connectivity index (χ1v) is 5.01. The molecule has 0 aliphatic carbocycles. The number of para-hydroxylation sites is 1. The van der Waals surface area contributed by atoms with Crippen molar-refractivity contribution in [3.8, 4) is 0 Å². The SMILES string of the molecule is COC(C)(C(N)=O)n1ccc2ccccc21. The van der Waals surface area contributed by atoms with Gasteiger partial charge in [0.2, 0.25) is 5.72 Å². The molecule has 16 heavy (non-hydrogen) atoms. The normalized spacial score (nSPS) is 14.9. The number of primary amides is 1. The van der Waals surface area contributed by atoms with Crippen LogP contribution >= 0.6 is 0 Å². The number of rotatable bonds is 3. The molecule has 2 N–H and O–H groups in total. The van der Waals surface area contributed by atoms with Crippen LogP contribution in [-0.2, 0) is 15.3 Å². The van der Waals surface area contributed by atoms with E-state index in [-0.39, 0.29) is 0 Å². The molecule has 0 saturated heterocycles. The van der Waals surface area contributed by atoms with Crippen molar-refractivity contribution in [1.82, 2.24) is 4.57 Å². The Balaban J connectivity index is 2.67. The van der Waals surface area contributed by atoms with E-state index in [0.717, 1.165) is 10.9 Å². The third-order valence-electron chi connectivity index (χ3n) is 2.91. The van der Waals surface area contributed by atoms with Gasteiger partial charge in [-0.05, 0) is 24.4 Å². The number of amides is 1. The largest absolute Gasteiger partial charge is 0.365 e. The molecule has 0 aliphatic heterocycles. The van der Waals surface area contributed by atoms with Gasteiger partial charge in [-0.15, -0.1) is 0 Å². The molecule has 1 atom stereocenters. The predicted octanol–water partition coefficient (Wildman–Crippen LogP) is 1.45. The highest BCUT2D eigenvalue weighted by molar-refractivity contribution is 5.86. The molecule has 1 heterocycles. The molecule has 1 aromatic carbocycles. The van der Waals surface area contributed by atoms with Gasteiger partial charge >= 0.3 is 0 Å². The zero-order valence-electron chi connectivity index (χ0n) is 9.31. The van der Waals surface area contributed by atoms with Crippen LogP contribution in [0.2, 0.25) is 0 Å². The monoisotopic (exact) mass is 218 g/mol. The maximum Gasteiger partial charge on any atom is 0.271 e. The summed E-state index contributed by atoms with van der Waals surface area (Å²) in [5, 5.41) is 1.05. The highest BCUT2D eigenvalue weighted by Crippen LogP contribution is 2.24. The third kappa shape index (κ3) is 1.39. The van der Waals surface area contributed by atoms with Crippen LogP contribution < -0.4 is 5.73 Å². The summed E-state index contributed by atoms with van der Waals surface area (Å²) in [5.41, 5.74) is 5.15. The number of benzene rings is 1. The third-order valence-corrected chi connectivity index (χ3v) is 2.91. The summed E-state index contributed by atoms with van der Waals surface area (Å²) in [4.78, 5) is 11.5. The van der Waals surface area contributed by atoms with Crippen molar-refractivity contribution in [2.75, 3.05) is 7.11 Å². The number of hydrogen-bond donors (Lipinski definition) is 1. The topological polar surface area (TPSA) is 57.2 Å². The van der Waals surface area contributed by atoms with E-state index >= 15 is 0 Å². The fraction of sp³-hybridized carbons (Fsp3) is 0.250. The van der Waals surface area contributed by atoms with Gasteiger partial charge in [-0.2, -0.15) is 0 Å². The second-order valence-corrected chi connectivity index (χ2v) is 3.80. The van der Waals surface area contributed by atoms with E-state index < -0.39 is 11.6 Å². The predicted molar refractivity (Wildman–Crippen MR) is 61.8 cm³/mol. The summed E-state index contributed by atoms with van der Waals surface area (Å²) in [6.45, 7) is 1.65. The Labute approximate surface area is 93.6 Å². The maximum atomic E-state index is 11.5. The molecule has 0 radical (unpaired) electrons. The van der Waals surface area contributed by atoms with Gasteiger partial charge in [0.1, 0.15) is 0 Å². The summed E-state index contributed by atoms with van der Waals surface area (Å²) < 4.78 is 6.98. The Morgan fingerprint density at radius 3 is 2.69 bits per heavy atom. The van der Waals surface area contributed by atoms with E-state index in [4.69, 9.17) is 10.5 Å². The fourth-order valence-electron chi connectivity index (χ4n) is 1.77. The lowest BCUT2D eigenvalue weighted by Crippen LogP contribution is -2.45. The average molecular weight is 218 g/mol. The molecule has 4 heteroatoms. The first-order valence-electron chi connectivity index (χ1n) is 5.01. The Morgan fingerprint density at radius 2 is 2.06 bits per heavy atom. The number of ether oxygens (including phenoxy) is 1. The number of fused-ring (bicyclic) bond motifs is 1. The van der Waals surface area contributed by atoms with Crippen molar-refractivity contribution in [2.24, 2.45) is 5.73 Å². The zero-order valence-corrected chi connectivity index (χ0v) is 9.31. The standard InChI is InChI=1S/C12H14N2O2/c1-12(16-2,11(13)15)14-8-7-9-5-3-4-6-10(9)14/h3-8H,1-2H3,(H2,13,15). The zero-order chi connectivity index (χ0) is 11.8. The molecule has 4 nitrogen and oxygen atoms in total. The minimum absolute atomic E-state index is 0.517. The molecule has 2 rings (SSSR count). The minimum atomic E-state index is -1.15. The number of nitrogens with zero attached hydrogens (tertiary/aromatic N) is 1. The van der Waals surface area contributed by atoms with Crippen molar-refractivity contribution < 1.29 is 9.53 Å². The summed E-state index contributed by atoms with van der Waals surface area (Å²) in [6.07, 6.45) is 1.80. The van der Waals surface area contributed by atoms with Crippen LogP contribution in [0, 0.1) is 0 Å². The maximum absolute atomic E-state index is 11.5. The Kier molecular flexibility index (Phi) is 2.44. The number of carbonyl (C=O) groups excluding carboxylic acids is 1. The van der Waals surface area contributed by atoms with Crippen LogP contribution in [0.4, 0.5) is 0 Å². The molecule has 2 aromatic rings. The first kappa shape index (κ1) is 10.7. The quantitative estimate of drug-likeness (QED) is 0.847. The molecule has 0 aliphatic rings. The van der Waals surface area contributed by atoms with Gasteiger partial charge in [0.25, 0.3) is 5.91 Å². The number of aromatic nitrogens is 1. The van der Waals surface area contributed by atoms with Crippen LogP contribution in [0.5, 0.6) is 0 Å². The lowest BCUT2D eigenvalue weighted by molar-refractivity contribution is -0.149. The second kappa shape index (κ2) is 3.64. The molecule has 1 aromatic heterocycles. The number of methoxy groups -OCH3 is 1. The lowest BCUT2D eigenvalue weighted by Gasteiger charge is -2.27. The number of carbonyl (C=O) groups is 1. The molecule has 84 valence electrons. The van der Waals surface area contributed by atoms with Gasteiger partial charge in [0.05, 0.1) is 5.52 Å². The Morgan fingerprint density at radius 1 is 1.38 bits per heavy atom. The molecular formula is C12H14N2O2. The highest BCUT2D eigenvalue weighted by atomic mass is 16.5. The van der Waals surface area contributed by atoms with Gasteiger partial charge < -0.3 is 15.0 Å². The average Bonchev–Trinajstić information content (AvgIpc) is 2.72. The van der Waals surface area contributed by atoms with Gasteiger partial charge in [-0.1, -0.05) is 18.2 Å². The van der Waals surface area contributed by atoms with Gasteiger partial charge in [0, 0.05) is 13.3 Å². The Hall–Kier alpha value is -1.81. The van der Waals surface area contributed by atoms with Gasteiger partial charge in [-0.3, -0.25) is 4.79 Å². The summed E-state index contributed by atoms with van der Waals surface area (Å²) in [7, 11) is 1.47. The van der Waals surface area contributed by atoms with Gasteiger partial charge in [0.15, 0.2) is 0 Å². The van der Waals surface area contributed by atoms with E-state index in [1.807, 2.05) is 30.3 Å². The summed E-state index contributed by atoms with van der Waals surface area (Å²) >= 11 is 0. The number of nitrogens with two attached hydrogens (primary N) is 1. The van der Waals surface area contributed by atoms with Crippen molar-refractivity contribution >= 4 is 16.8 Å². The van der Waals surface area contributed by atoms with Crippen LogP contribution in [0.1, 0.15) is 6.92 Å². The number of hydrogen-bond acceptors (Lipinski definition) is 2. The van der Waals surface area contributed by atoms with Crippen molar-refractivity contribution in [3.63, 3.8) is 0 Å². The summed E-state index contributed by atoms with van der Waals surface area (Å²) in [6, 6.07) is 9.69. The fourth-order valence-corrected chi connectivity index (χ4v) is 1.77. The lowest BCUT2D eigenvalue weighted by atomic mass is 10.2. The first-order chi connectivity index (χ1) is 7.59. The Bertz CT molecular complexity index is 533. The second-order valence-electron chi connectivity index (χ2n) is 3.80. The van der Waals surface area contributed by atoms with Crippen LogP contribution in [0.15, 0.2) is 36.5 Å². The van der Waals surface area contributed by atoms with Crippen LogP contribution in [0.25, 0.3) is 10.9 Å². The van der Waals surface area contributed by atoms with Crippen molar-refractivity contribution in [1.29, 1.82) is 0 Å². The molecule has 0 fully saturated rings. The van der Waals surface area contributed by atoms with E-state index in [1.165, 1.54) is 7.11 Å². The van der Waals surface area contributed by atoms with Crippen molar-refractivity contribution in [2.45, 2.75) is 12.6 Å². The van der Waals surface area contributed by atoms with E-state index in [9.17, 15) is 4.79 Å². The van der Waals surface area contributed by atoms with E-state index in [0.29, 0.717) is 0 Å². The summed E-state index contributed by atoms with van der Waals surface area (Å²) in [5.74, 6) is -0.517.